The summed E-state index contributed by atoms with van der Waals surface area (Å²) < 4.78 is 0. The van der Waals surface area contributed by atoms with Crippen LogP contribution in [0.1, 0.15) is 61.3 Å². The van der Waals surface area contributed by atoms with Crippen LogP contribution in [-0.2, 0) is 18.3 Å². The van der Waals surface area contributed by atoms with Gasteiger partial charge in [-0.2, -0.15) is 0 Å². The van der Waals surface area contributed by atoms with Crippen LogP contribution in [0.25, 0.3) is 0 Å². The van der Waals surface area contributed by atoms with Crippen LogP contribution in [0.3, 0.4) is 0 Å². The number of aryl methyl sites for hydroxylation is 2. The molecule has 1 aliphatic heterocycles. The van der Waals surface area contributed by atoms with E-state index in [1.54, 1.807) is 15.3 Å². The lowest BCUT2D eigenvalue weighted by atomic mass is 9.79. The molecule has 0 bridgehead atoms. The van der Waals surface area contributed by atoms with Crippen molar-refractivity contribution in [1.82, 2.24) is 5.32 Å². The fourth-order valence-electron chi connectivity index (χ4n) is 3.52. The molecule has 0 amide bonds. The van der Waals surface area contributed by atoms with E-state index in [9.17, 15) is 0 Å². The highest BCUT2D eigenvalue weighted by molar-refractivity contribution is 7.12. The fraction of sp³-hybridized carbons (Fsp3) is 0.765. The second-order valence-electron chi connectivity index (χ2n) is 6.73. The summed E-state index contributed by atoms with van der Waals surface area (Å²) in [4.78, 5) is 3.29. The molecule has 106 valence electrons. The van der Waals surface area contributed by atoms with Crippen LogP contribution in [0.4, 0.5) is 0 Å². The van der Waals surface area contributed by atoms with Crippen LogP contribution in [0.2, 0.25) is 0 Å². The lowest BCUT2D eigenvalue weighted by molar-refractivity contribution is 0.296. The van der Waals surface area contributed by atoms with E-state index in [4.69, 9.17) is 0 Å². The van der Waals surface area contributed by atoms with Gasteiger partial charge in [-0.05, 0) is 49.8 Å². The first-order valence-corrected chi connectivity index (χ1v) is 8.86. The molecule has 1 nitrogen and oxygen atoms in total. The molecule has 0 radical (unpaired) electrons. The van der Waals surface area contributed by atoms with Crippen molar-refractivity contribution in [1.29, 1.82) is 0 Å². The quantitative estimate of drug-likeness (QED) is 0.846. The Morgan fingerprint density at radius 2 is 2.26 bits per heavy atom. The molecule has 1 atom stereocenters. The Bertz CT molecular complexity index is 424. The molecule has 0 aromatic carbocycles. The lowest BCUT2D eigenvalue weighted by Gasteiger charge is -2.27. The summed E-state index contributed by atoms with van der Waals surface area (Å²) in [5.41, 5.74) is 2.08. The predicted molar refractivity (Wildman–Crippen MR) is 84.2 cm³/mol. The van der Waals surface area contributed by atoms with Gasteiger partial charge in [-0.15, -0.1) is 11.3 Å². The highest BCUT2D eigenvalue weighted by atomic mass is 32.1. The second kappa shape index (κ2) is 5.57. The summed E-state index contributed by atoms with van der Waals surface area (Å²) in [5, 5.41) is 3.56. The zero-order valence-electron chi connectivity index (χ0n) is 12.4. The van der Waals surface area contributed by atoms with Gasteiger partial charge < -0.3 is 5.32 Å². The number of nitrogens with one attached hydrogen (secondary N) is 1. The molecule has 19 heavy (non-hydrogen) atoms. The van der Waals surface area contributed by atoms with Gasteiger partial charge in [0.25, 0.3) is 0 Å². The second-order valence-corrected chi connectivity index (χ2v) is 7.95. The van der Waals surface area contributed by atoms with Gasteiger partial charge in [0.05, 0.1) is 0 Å². The maximum atomic E-state index is 3.56. The minimum absolute atomic E-state index is 0.402. The maximum absolute atomic E-state index is 3.56. The summed E-state index contributed by atoms with van der Waals surface area (Å²) in [7, 11) is 0. The average Bonchev–Trinajstić information content (AvgIpc) is 2.94. The summed E-state index contributed by atoms with van der Waals surface area (Å²) in [5.74, 6) is 1.04. The monoisotopic (exact) mass is 277 g/mol. The van der Waals surface area contributed by atoms with E-state index >= 15 is 0 Å². The number of thiophene rings is 1. The number of hydrogen-bond donors (Lipinski definition) is 1. The Balaban J connectivity index is 1.78. The highest BCUT2D eigenvalue weighted by Gasteiger charge is 2.33. The van der Waals surface area contributed by atoms with Crippen molar-refractivity contribution in [3.63, 3.8) is 0 Å². The van der Waals surface area contributed by atoms with Crippen molar-refractivity contribution < 1.29 is 0 Å². The summed E-state index contributed by atoms with van der Waals surface area (Å²) in [6.07, 6.45) is 9.72. The minimum Gasteiger partial charge on any atom is -0.316 e. The molecule has 2 fully saturated rings. The zero-order chi connectivity index (χ0) is 13.3. The largest absolute Gasteiger partial charge is 0.316 e. The van der Waals surface area contributed by atoms with Crippen LogP contribution in [0.5, 0.6) is 0 Å². The third kappa shape index (κ3) is 2.75. The molecule has 2 heteroatoms. The summed E-state index contributed by atoms with van der Waals surface area (Å²) in [6, 6.07) is 2.52. The van der Waals surface area contributed by atoms with Crippen LogP contribution < -0.4 is 5.32 Å². The highest BCUT2D eigenvalue weighted by Crippen LogP contribution is 2.39. The van der Waals surface area contributed by atoms with Crippen molar-refractivity contribution in [2.75, 3.05) is 13.1 Å². The van der Waals surface area contributed by atoms with E-state index in [2.05, 4.69) is 36.6 Å². The van der Waals surface area contributed by atoms with Gasteiger partial charge in [0.15, 0.2) is 0 Å². The van der Waals surface area contributed by atoms with Gasteiger partial charge in [0.2, 0.25) is 0 Å². The standard InChI is InChI=1S/C17H27NS/c1-3-14-11-15(17(2)9-10-18-12-17)16(19-14)8-7-13-5-4-6-13/h11,13,18H,3-10,12H2,1-2H3. The average molecular weight is 277 g/mol. The topological polar surface area (TPSA) is 12.0 Å². The molecule has 1 aliphatic carbocycles. The van der Waals surface area contributed by atoms with E-state index < -0.39 is 0 Å². The first kappa shape index (κ1) is 13.6. The molecule has 1 aromatic rings. The van der Waals surface area contributed by atoms with Crippen LogP contribution in [0.15, 0.2) is 6.07 Å². The van der Waals surface area contributed by atoms with Crippen molar-refractivity contribution in [3.05, 3.63) is 21.4 Å². The first-order valence-electron chi connectivity index (χ1n) is 8.04. The van der Waals surface area contributed by atoms with E-state index in [0.29, 0.717) is 5.41 Å². The van der Waals surface area contributed by atoms with Gasteiger partial charge in [0.1, 0.15) is 0 Å². The Hall–Kier alpha value is -0.340. The van der Waals surface area contributed by atoms with Crippen molar-refractivity contribution in [3.8, 4) is 0 Å². The van der Waals surface area contributed by atoms with Gasteiger partial charge in [-0.25, -0.2) is 0 Å². The molecule has 1 saturated heterocycles. The Morgan fingerprint density at radius 3 is 2.84 bits per heavy atom. The van der Waals surface area contributed by atoms with Gasteiger partial charge in [-0.1, -0.05) is 33.1 Å². The summed E-state index contributed by atoms with van der Waals surface area (Å²) >= 11 is 2.09. The van der Waals surface area contributed by atoms with Crippen molar-refractivity contribution in [2.24, 2.45) is 5.92 Å². The predicted octanol–water partition coefficient (Wildman–Crippen LogP) is 4.29. The third-order valence-corrected chi connectivity index (χ3v) is 6.57. The first-order chi connectivity index (χ1) is 9.21. The Labute approximate surface area is 121 Å². The molecule has 1 saturated carbocycles. The van der Waals surface area contributed by atoms with Crippen LogP contribution in [0, 0.1) is 5.92 Å². The maximum Gasteiger partial charge on any atom is 0.00863 e. The SMILES string of the molecule is CCc1cc(C2(C)CCNC2)c(CCC2CCC2)s1. The molecular formula is C17H27NS. The summed E-state index contributed by atoms with van der Waals surface area (Å²) in [6.45, 7) is 7.11. The molecule has 2 aliphatic rings. The smallest absolute Gasteiger partial charge is 0.00863 e. The van der Waals surface area contributed by atoms with Gasteiger partial charge in [-0.3, -0.25) is 0 Å². The lowest BCUT2D eigenvalue weighted by Crippen LogP contribution is -2.25. The molecule has 1 aromatic heterocycles. The third-order valence-electron chi connectivity index (χ3n) is 5.23. The normalized spacial score (nSPS) is 27.7. The van der Waals surface area contributed by atoms with Crippen molar-refractivity contribution >= 4 is 11.3 Å². The van der Waals surface area contributed by atoms with E-state index in [1.807, 2.05) is 0 Å². The number of rotatable bonds is 5. The molecular weight excluding hydrogens is 250 g/mol. The Kier molecular flexibility index (Phi) is 4.00. The molecule has 2 heterocycles. The van der Waals surface area contributed by atoms with E-state index in [1.165, 1.54) is 58.0 Å². The fourth-order valence-corrected chi connectivity index (χ4v) is 4.79. The molecule has 1 unspecified atom stereocenters. The van der Waals surface area contributed by atoms with Gasteiger partial charge in [0, 0.05) is 21.7 Å². The molecule has 0 spiro atoms. The van der Waals surface area contributed by atoms with E-state index in [-0.39, 0.29) is 0 Å². The zero-order valence-corrected chi connectivity index (χ0v) is 13.2. The molecule has 1 N–H and O–H groups in total. The molecule has 3 rings (SSSR count). The number of hydrogen-bond acceptors (Lipinski definition) is 2. The Morgan fingerprint density at radius 1 is 1.42 bits per heavy atom. The van der Waals surface area contributed by atoms with Gasteiger partial charge >= 0.3 is 0 Å². The van der Waals surface area contributed by atoms with Crippen LogP contribution >= 0.6 is 11.3 Å². The van der Waals surface area contributed by atoms with E-state index in [0.717, 1.165) is 5.92 Å². The van der Waals surface area contributed by atoms with Crippen molar-refractivity contribution in [2.45, 2.75) is 64.2 Å². The minimum atomic E-state index is 0.402. The van der Waals surface area contributed by atoms with Crippen LogP contribution in [-0.4, -0.2) is 13.1 Å².